The molecule has 1 N–H and O–H groups in total. The van der Waals surface area contributed by atoms with Gasteiger partial charge in [0.15, 0.2) is 0 Å². The molecule has 16 heavy (non-hydrogen) atoms. The largest absolute Gasteiger partial charge is 0.481 e. The van der Waals surface area contributed by atoms with Gasteiger partial charge >= 0.3 is 5.97 Å². The first-order valence-electron chi connectivity index (χ1n) is 6.37. The number of carboxylic acids is 1. The van der Waals surface area contributed by atoms with Crippen molar-refractivity contribution >= 4 is 5.97 Å². The number of carboxylic acid groups (broad SMARTS) is 1. The lowest BCUT2D eigenvalue weighted by atomic mass is 9.46. The summed E-state index contributed by atoms with van der Waals surface area (Å²) < 4.78 is 0. The molecule has 0 aromatic heterocycles. The summed E-state index contributed by atoms with van der Waals surface area (Å²) in [5.41, 5.74) is -0.184. The van der Waals surface area contributed by atoms with Gasteiger partial charge in [-0.25, -0.2) is 0 Å². The van der Waals surface area contributed by atoms with Gasteiger partial charge in [-0.3, -0.25) is 4.79 Å². The monoisotopic (exact) mass is 223 g/mol. The minimum atomic E-state index is -0.534. The summed E-state index contributed by atoms with van der Waals surface area (Å²) >= 11 is 0. The highest BCUT2D eigenvalue weighted by molar-refractivity contribution is 5.75. The van der Waals surface area contributed by atoms with E-state index in [1.807, 2.05) is 0 Å². The van der Waals surface area contributed by atoms with E-state index in [1.165, 1.54) is 19.3 Å². The predicted octanol–water partition coefficient (Wildman–Crippen LogP) is 1.97. The Morgan fingerprint density at radius 2 is 1.75 bits per heavy atom. The van der Waals surface area contributed by atoms with Crippen LogP contribution in [0.3, 0.4) is 0 Å². The van der Waals surface area contributed by atoms with Gasteiger partial charge in [0.2, 0.25) is 0 Å². The van der Waals surface area contributed by atoms with E-state index in [0.717, 1.165) is 19.3 Å². The molecule has 4 bridgehead atoms. The molecule has 0 aromatic carbocycles. The lowest BCUT2D eigenvalue weighted by molar-refractivity contribution is -0.175. The van der Waals surface area contributed by atoms with Gasteiger partial charge in [-0.1, -0.05) is 0 Å². The molecule has 4 fully saturated rings. The fraction of sp³-hybridized carbons (Fsp3) is 0.923. The van der Waals surface area contributed by atoms with Crippen LogP contribution in [0.15, 0.2) is 0 Å². The molecule has 4 saturated carbocycles. The fourth-order valence-electron chi connectivity index (χ4n) is 4.99. The van der Waals surface area contributed by atoms with Crippen LogP contribution in [0.4, 0.5) is 0 Å². The van der Waals surface area contributed by atoms with Crippen molar-refractivity contribution in [1.82, 2.24) is 4.90 Å². The first-order chi connectivity index (χ1) is 7.46. The molecule has 0 heterocycles. The van der Waals surface area contributed by atoms with E-state index < -0.39 is 5.97 Å². The van der Waals surface area contributed by atoms with Crippen LogP contribution in [-0.2, 0) is 4.79 Å². The first kappa shape index (κ1) is 10.6. The molecule has 90 valence electrons. The second-order valence-corrected chi connectivity index (χ2v) is 6.67. The molecule has 4 atom stereocenters. The van der Waals surface area contributed by atoms with Crippen LogP contribution in [0, 0.1) is 17.3 Å². The maximum Gasteiger partial charge on any atom is 0.309 e. The highest BCUT2D eigenvalue weighted by Crippen LogP contribution is 2.62. The van der Waals surface area contributed by atoms with E-state index in [-0.39, 0.29) is 11.0 Å². The molecule has 3 nitrogen and oxygen atoms in total. The minimum absolute atomic E-state index is 0.197. The van der Waals surface area contributed by atoms with E-state index >= 15 is 0 Å². The Morgan fingerprint density at radius 1 is 1.19 bits per heavy atom. The highest BCUT2D eigenvalue weighted by Gasteiger charge is 2.61. The lowest BCUT2D eigenvalue weighted by Crippen LogP contribution is -2.63. The van der Waals surface area contributed by atoms with Crippen molar-refractivity contribution < 1.29 is 9.90 Å². The van der Waals surface area contributed by atoms with Crippen molar-refractivity contribution in [3.05, 3.63) is 0 Å². The van der Waals surface area contributed by atoms with E-state index in [2.05, 4.69) is 19.0 Å². The summed E-state index contributed by atoms with van der Waals surface area (Å²) in [6.07, 6.45) is 6.50. The summed E-state index contributed by atoms with van der Waals surface area (Å²) in [4.78, 5) is 13.9. The van der Waals surface area contributed by atoms with E-state index in [1.54, 1.807) is 0 Å². The van der Waals surface area contributed by atoms with Crippen LogP contribution in [0.5, 0.6) is 0 Å². The summed E-state index contributed by atoms with van der Waals surface area (Å²) in [5, 5.41) is 9.56. The molecule has 2 unspecified atom stereocenters. The van der Waals surface area contributed by atoms with Gasteiger partial charge in [0.1, 0.15) is 0 Å². The van der Waals surface area contributed by atoms with Crippen molar-refractivity contribution in [2.45, 2.75) is 44.1 Å². The van der Waals surface area contributed by atoms with Crippen molar-refractivity contribution in [2.75, 3.05) is 14.1 Å². The highest BCUT2D eigenvalue weighted by atomic mass is 16.4. The zero-order chi connectivity index (χ0) is 11.6. The molecule has 0 spiro atoms. The Labute approximate surface area is 96.8 Å². The van der Waals surface area contributed by atoms with Crippen LogP contribution >= 0.6 is 0 Å². The molecule has 4 rings (SSSR count). The SMILES string of the molecule is CN(C)C12C[C@@H]3C[C@@H](CC(C(=O)O)(C3)C1)C2. The van der Waals surface area contributed by atoms with Gasteiger partial charge in [-0.2, -0.15) is 0 Å². The maximum atomic E-state index is 11.6. The van der Waals surface area contributed by atoms with Crippen LogP contribution in [-0.4, -0.2) is 35.6 Å². The van der Waals surface area contributed by atoms with Crippen LogP contribution in [0.2, 0.25) is 0 Å². The van der Waals surface area contributed by atoms with Crippen LogP contribution < -0.4 is 0 Å². The Bertz CT molecular complexity index is 323. The first-order valence-corrected chi connectivity index (χ1v) is 6.37. The molecule has 0 radical (unpaired) electrons. The Balaban J connectivity index is 2.00. The minimum Gasteiger partial charge on any atom is -0.481 e. The normalized spacial score (nSPS) is 49.9. The third kappa shape index (κ3) is 1.21. The third-order valence-corrected chi connectivity index (χ3v) is 5.43. The molecule has 4 aliphatic rings. The maximum absolute atomic E-state index is 11.6. The van der Waals surface area contributed by atoms with Gasteiger partial charge in [0.25, 0.3) is 0 Å². The van der Waals surface area contributed by atoms with Crippen molar-refractivity contribution in [2.24, 2.45) is 17.3 Å². The molecule has 0 amide bonds. The Morgan fingerprint density at radius 3 is 2.19 bits per heavy atom. The zero-order valence-electron chi connectivity index (χ0n) is 10.2. The fourth-order valence-corrected chi connectivity index (χ4v) is 4.99. The summed E-state index contributed by atoms with van der Waals surface area (Å²) in [7, 11) is 4.26. The van der Waals surface area contributed by atoms with Gasteiger partial charge in [-0.05, 0) is 64.5 Å². The van der Waals surface area contributed by atoms with E-state index in [0.29, 0.717) is 11.8 Å². The van der Waals surface area contributed by atoms with Crippen LogP contribution in [0.25, 0.3) is 0 Å². The Kier molecular flexibility index (Phi) is 1.99. The summed E-state index contributed by atoms with van der Waals surface area (Å²) in [6.45, 7) is 0. The van der Waals surface area contributed by atoms with Crippen molar-refractivity contribution in [3.8, 4) is 0 Å². The average molecular weight is 223 g/mol. The molecule has 0 aliphatic heterocycles. The number of hydrogen-bond donors (Lipinski definition) is 1. The second-order valence-electron chi connectivity index (χ2n) is 6.67. The quantitative estimate of drug-likeness (QED) is 0.778. The van der Waals surface area contributed by atoms with Gasteiger partial charge < -0.3 is 10.0 Å². The smallest absolute Gasteiger partial charge is 0.309 e. The molecule has 3 heteroatoms. The average Bonchev–Trinajstić information content (AvgIpc) is 2.14. The van der Waals surface area contributed by atoms with Crippen molar-refractivity contribution in [3.63, 3.8) is 0 Å². The van der Waals surface area contributed by atoms with Gasteiger partial charge in [-0.15, -0.1) is 0 Å². The molecule has 0 saturated heterocycles. The van der Waals surface area contributed by atoms with Crippen molar-refractivity contribution in [1.29, 1.82) is 0 Å². The summed E-state index contributed by atoms with van der Waals surface area (Å²) in [6, 6.07) is 0. The van der Waals surface area contributed by atoms with E-state index in [4.69, 9.17) is 0 Å². The lowest BCUT2D eigenvalue weighted by Gasteiger charge is -2.62. The van der Waals surface area contributed by atoms with Crippen LogP contribution in [0.1, 0.15) is 38.5 Å². The number of hydrogen-bond acceptors (Lipinski definition) is 2. The number of nitrogens with zero attached hydrogens (tertiary/aromatic N) is 1. The topological polar surface area (TPSA) is 40.5 Å². The van der Waals surface area contributed by atoms with Gasteiger partial charge in [0.05, 0.1) is 5.41 Å². The summed E-state index contributed by atoms with van der Waals surface area (Å²) in [5.74, 6) is 0.798. The molecular weight excluding hydrogens is 202 g/mol. The molecular formula is C13H21NO2. The third-order valence-electron chi connectivity index (χ3n) is 5.43. The van der Waals surface area contributed by atoms with E-state index in [9.17, 15) is 9.90 Å². The number of rotatable bonds is 2. The number of aliphatic carboxylic acids is 1. The molecule has 0 aromatic rings. The zero-order valence-corrected chi connectivity index (χ0v) is 10.2. The Hall–Kier alpha value is -0.570. The van der Waals surface area contributed by atoms with Gasteiger partial charge in [0, 0.05) is 5.54 Å². The molecule has 4 aliphatic carbocycles. The standard InChI is InChI=1S/C13H21NO2/c1-14(2)13-6-9-3-10(7-13)5-12(4-9,8-13)11(15)16/h9-10H,3-8H2,1-2H3,(H,15,16)/t9-,10+,12?,13?. The second kappa shape index (κ2) is 3.00. The predicted molar refractivity (Wildman–Crippen MR) is 61.2 cm³/mol. The number of carbonyl (C=O) groups is 1.